The van der Waals surface area contributed by atoms with Crippen LogP contribution in [-0.4, -0.2) is 27.6 Å². The van der Waals surface area contributed by atoms with E-state index < -0.39 is 0 Å². The largest absolute Gasteiger partial charge is 0.496 e. The average molecular weight is 394 g/mol. The Labute approximate surface area is 175 Å². The number of ether oxygens (including phenoxy) is 1. The minimum absolute atomic E-state index is 0.0385. The van der Waals surface area contributed by atoms with Gasteiger partial charge in [0.1, 0.15) is 5.75 Å². The van der Waals surface area contributed by atoms with Crippen molar-refractivity contribution in [2.75, 3.05) is 7.11 Å². The van der Waals surface area contributed by atoms with Gasteiger partial charge < -0.3 is 4.74 Å². The Morgan fingerprint density at radius 3 is 2.43 bits per heavy atom. The summed E-state index contributed by atoms with van der Waals surface area (Å²) in [5.74, 6) is 1.71. The van der Waals surface area contributed by atoms with Gasteiger partial charge in [0.15, 0.2) is 5.82 Å². The lowest BCUT2D eigenvalue weighted by atomic mass is 9.95. The number of pyridine rings is 1. The molecule has 3 heterocycles. The number of nitrogens with zero attached hydrogens (tertiary/aromatic N) is 4. The second-order valence-corrected chi connectivity index (χ2v) is 7.35. The monoisotopic (exact) mass is 394 g/mol. The molecule has 0 aliphatic carbocycles. The lowest BCUT2D eigenvalue weighted by Gasteiger charge is -2.26. The summed E-state index contributed by atoms with van der Waals surface area (Å²) in [7, 11) is 1.70. The van der Waals surface area contributed by atoms with Crippen LogP contribution in [0.5, 0.6) is 5.75 Å². The summed E-state index contributed by atoms with van der Waals surface area (Å²) in [6.07, 6.45) is 4.39. The molecule has 1 aliphatic heterocycles. The molecule has 5 nitrogen and oxygen atoms in total. The Hall–Kier alpha value is -3.73. The summed E-state index contributed by atoms with van der Waals surface area (Å²) >= 11 is 0. The van der Waals surface area contributed by atoms with Crippen LogP contribution in [0.25, 0.3) is 11.1 Å². The number of fused-ring (bicyclic) bond motifs is 1. The van der Waals surface area contributed by atoms with Gasteiger partial charge in [0.25, 0.3) is 0 Å². The molecule has 0 N–H and O–H groups in total. The Morgan fingerprint density at radius 1 is 0.933 bits per heavy atom. The van der Waals surface area contributed by atoms with E-state index in [-0.39, 0.29) is 6.04 Å². The molecule has 0 spiro atoms. The highest BCUT2D eigenvalue weighted by Crippen LogP contribution is 2.42. The highest BCUT2D eigenvalue weighted by atomic mass is 16.5. The van der Waals surface area contributed by atoms with E-state index in [1.54, 1.807) is 7.11 Å². The van der Waals surface area contributed by atoms with Crippen molar-refractivity contribution in [1.29, 1.82) is 0 Å². The van der Waals surface area contributed by atoms with E-state index in [0.29, 0.717) is 0 Å². The van der Waals surface area contributed by atoms with Crippen molar-refractivity contribution < 1.29 is 4.74 Å². The molecule has 0 unspecified atom stereocenters. The standard InChI is InChI=1S/C25H22N4O/c1-17-24(19-8-4-3-5-9-19)25-27-21(20-10-6-7-11-23(20)30-2)16-22(29(25)28-17)18-12-14-26-15-13-18/h3-15,22H,16H2,1-2H3/t22-/m1/s1. The first kappa shape index (κ1) is 18.3. The molecule has 2 aromatic carbocycles. The fraction of sp³-hybridized carbons (Fsp3) is 0.160. The van der Waals surface area contributed by atoms with Gasteiger partial charge >= 0.3 is 0 Å². The Kier molecular flexibility index (Phi) is 4.64. The van der Waals surface area contributed by atoms with Gasteiger partial charge in [0, 0.05) is 29.9 Å². The number of aromatic nitrogens is 3. The van der Waals surface area contributed by atoms with Crippen molar-refractivity contribution >= 4 is 11.5 Å². The first-order valence-corrected chi connectivity index (χ1v) is 10.0. The zero-order valence-electron chi connectivity index (χ0n) is 17.0. The molecule has 0 amide bonds. The number of rotatable bonds is 4. The van der Waals surface area contributed by atoms with Gasteiger partial charge in [-0.3, -0.25) is 4.98 Å². The molecule has 5 heteroatoms. The third-order valence-electron chi connectivity index (χ3n) is 5.55. The van der Waals surface area contributed by atoms with Gasteiger partial charge in [-0.25, -0.2) is 9.67 Å². The molecule has 5 rings (SSSR count). The Morgan fingerprint density at radius 2 is 1.67 bits per heavy atom. The third-order valence-corrected chi connectivity index (χ3v) is 5.55. The second kappa shape index (κ2) is 7.59. The predicted molar refractivity (Wildman–Crippen MR) is 119 cm³/mol. The van der Waals surface area contributed by atoms with E-state index in [9.17, 15) is 0 Å². The minimum atomic E-state index is 0.0385. The smallest absolute Gasteiger partial charge is 0.159 e. The fourth-order valence-electron chi connectivity index (χ4n) is 4.14. The molecule has 1 atom stereocenters. The van der Waals surface area contributed by atoms with Crippen molar-refractivity contribution in [3.63, 3.8) is 0 Å². The van der Waals surface area contributed by atoms with Gasteiger partial charge in [0.2, 0.25) is 0 Å². The summed E-state index contributed by atoms with van der Waals surface area (Å²) in [5, 5.41) is 4.91. The van der Waals surface area contributed by atoms with E-state index >= 15 is 0 Å². The van der Waals surface area contributed by atoms with E-state index in [4.69, 9.17) is 14.8 Å². The number of para-hydroxylation sites is 1. The number of hydrogen-bond acceptors (Lipinski definition) is 4. The number of aryl methyl sites for hydroxylation is 1. The molecule has 2 aromatic heterocycles. The summed E-state index contributed by atoms with van der Waals surface area (Å²) in [5.41, 5.74) is 6.34. The molecule has 30 heavy (non-hydrogen) atoms. The molecule has 4 aromatic rings. The molecular weight excluding hydrogens is 372 g/mol. The Balaban J connectivity index is 1.75. The SMILES string of the molecule is COc1ccccc1C1=Nc2c(-c3ccccc3)c(C)nn2[C@@H](c2ccncc2)C1. The number of methoxy groups -OCH3 is 1. The van der Waals surface area contributed by atoms with Gasteiger partial charge in [-0.1, -0.05) is 42.5 Å². The van der Waals surface area contributed by atoms with Crippen LogP contribution in [0.2, 0.25) is 0 Å². The van der Waals surface area contributed by atoms with Gasteiger partial charge in [-0.15, -0.1) is 0 Å². The maximum absolute atomic E-state index is 5.63. The molecular formula is C25H22N4O. The van der Waals surface area contributed by atoms with Crippen LogP contribution in [0.4, 0.5) is 5.82 Å². The second-order valence-electron chi connectivity index (χ2n) is 7.35. The van der Waals surface area contributed by atoms with Crippen LogP contribution < -0.4 is 4.74 Å². The number of benzene rings is 2. The molecule has 148 valence electrons. The van der Waals surface area contributed by atoms with Crippen LogP contribution >= 0.6 is 0 Å². The van der Waals surface area contributed by atoms with Crippen molar-refractivity contribution in [3.05, 3.63) is 95.9 Å². The van der Waals surface area contributed by atoms with Gasteiger partial charge in [-0.2, -0.15) is 5.10 Å². The molecule has 0 bridgehead atoms. The molecule has 0 radical (unpaired) electrons. The molecule has 0 saturated carbocycles. The Bertz CT molecular complexity index is 1210. The van der Waals surface area contributed by atoms with Crippen LogP contribution in [0.1, 0.15) is 29.3 Å². The highest BCUT2D eigenvalue weighted by molar-refractivity contribution is 6.06. The lowest BCUT2D eigenvalue weighted by Crippen LogP contribution is -2.21. The topological polar surface area (TPSA) is 52.3 Å². The molecule has 1 aliphatic rings. The van der Waals surface area contributed by atoms with E-state index in [0.717, 1.165) is 51.6 Å². The lowest BCUT2D eigenvalue weighted by molar-refractivity contribution is 0.413. The summed E-state index contributed by atoms with van der Waals surface area (Å²) in [4.78, 5) is 9.31. The molecule has 0 fully saturated rings. The third kappa shape index (κ3) is 3.08. The minimum Gasteiger partial charge on any atom is -0.496 e. The summed E-state index contributed by atoms with van der Waals surface area (Å²) in [6, 6.07) is 22.6. The van der Waals surface area contributed by atoms with Crippen molar-refractivity contribution in [2.24, 2.45) is 4.99 Å². The first-order chi connectivity index (χ1) is 14.8. The normalized spacial score (nSPS) is 15.4. The van der Waals surface area contributed by atoms with Crippen molar-refractivity contribution in [3.8, 4) is 16.9 Å². The van der Waals surface area contributed by atoms with E-state index in [2.05, 4.69) is 46.9 Å². The molecule has 0 saturated heterocycles. The van der Waals surface area contributed by atoms with Gasteiger partial charge in [0.05, 0.1) is 24.6 Å². The van der Waals surface area contributed by atoms with Crippen LogP contribution in [0.15, 0.2) is 84.1 Å². The first-order valence-electron chi connectivity index (χ1n) is 10.0. The highest BCUT2D eigenvalue weighted by Gasteiger charge is 2.30. The maximum Gasteiger partial charge on any atom is 0.159 e. The number of aliphatic imine (C=N–C) groups is 1. The maximum atomic E-state index is 5.63. The average Bonchev–Trinajstić information content (AvgIpc) is 3.15. The van der Waals surface area contributed by atoms with Crippen LogP contribution in [0.3, 0.4) is 0 Å². The van der Waals surface area contributed by atoms with Crippen LogP contribution in [-0.2, 0) is 0 Å². The predicted octanol–water partition coefficient (Wildman–Crippen LogP) is 5.38. The zero-order chi connectivity index (χ0) is 20.5. The van der Waals surface area contributed by atoms with Crippen LogP contribution in [0, 0.1) is 6.92 Å². The van der Waals surface area contributed by atoms with Gasteiger partial charge in [-0.05, 0) is 42.3 Å². The summed E-state index contributed by atoms with van der Waals surface area (Å²) in [6.45, 7) is 2.05. The quantitative estimate of drug-likeness (QED) is 0.467. The van der Waals surface area contributed by atoms with E-state index in [1.165, 1.54) is 0 Å². The van der Waals surface area contributed by atoms with Crippen molar-refractivity contribution in [2.45, 2.75) is 19.4 Å². The zero-order valence-corrected chi connectivity index (χ0v) is 17.0. The number of hydrogen-bond donors (Lipinski definition) is 0. The summed E-state index contributed by atoms with van der Waals surface area (Å²) < 4.78 is 7.70. The van der Waals surface area contributed by atoms with E-state index in [1.807, 2.05) is 48.8 Å². The van der Waals surface area contributed by atoms with Crippen molar-refractivity contribution in [1.82, 2.24) is 14.8 Å². The fourth-order valence-corrected chi connectivity index (χ4v) is 4.14.